The lowest BCUT2D eigenvalue weighted by molar-refractivity contribution is -0.117. The minimum atomic E-state index is -0.697. The van der Waals surface area contributed by atoms with Crippen molar-refractivity contribution in [1.29, 1.82) is 0 Å². The molecule has 1 saturated heterocycles. The van der Waals surface area contributed by atoms with Crippen LogP contribution in [0.5, 0.6) is 0 Å². The normalized spacial score (nSPS) is 15.5. The molecule has 2 heterocycles. The molecule has 1 aromatic carbocycles. The van der Waals surface area contributed by atoms with Crippen LogP contribution in [0.2, 0.25) is 0 Å². The lowest BCUT2D eigenvalue weighted by Gasteiger charge is -2.25. The third kappa shape index (κ3) is 6.19. The number of aromatic nitrogens is 1. The number of hydrogen-bond acceptors (Lipinski definition) is 6. The van der Waals surface area contributed by atoms with Gasteiger partial charge in [-0.2, -0.15) is 0 Å². The van der Waals surface area contributed by atoms with Gasteiger partial charge < -0.3 is 15.8 Å². The van der Waals surface area contributed by atoms with E-state index in [0.717, 1.165) is 49.7 Å². The maximum atomic E-state index is 12.3. The van der Waals surface area contributed by atoms with Crippen LogP contribution in [0, 0.1) is 6.92 Å². The fraction of sp³-hybridized carbons (Fsp3) is 0.412. The second-order valence-electron chi connectivity index (χ2n) is 5.91. The van der Waals surface area contributed by atoms with Crippen LogP contribution in [0.3, 0.4) is 0 Å². The number of morpholine rings is 1. The summed E-state index contributed by atoms with van der Waals surface area (Å²) in [6, 6.07) is 6.96. The quantitative estimate of drug-likeness (QED) is 0.779. The molecule has 1 amide bonds. The van der Waals surface area contributed by atoms with Crippen molar-refractivity contribution in [3.05, 3.63) is 46.5 Å². The first-order valence-electron chi connectivity index (χ1n) is 7.99. The molecule has 0 aliphatic carbocycles. The molecule has 0 saturated carbocycles. The number of anilines is 1. The molecule has 1 fully saturated rings. The number of nitrogens with two attached hydrogens (primary N) is 1. The van der Waals surface area contributed by atoms with Gasteiger partial charge in [-0.15, -0.1) is 36.2 Å². The van der Waals surface area contributed by atoms with Crippen LogP contribution in [0.4, 0.5) is 5.13 Å². The van der Waals surface area contributed by atoms with Gasteiger partial charge in [-0.25, -0.2) is 4.98 Å². The molecule has 0 radical (unpaired) electrons. The van der Waals surface area contributed by atoms with Gasteiger partial charge in [-0.05, 0) is 12.5 Å². The molecule has 9 heteroatoms. The Kier molecular flexibility index (Phi) is 9.49. The van der Waals surface area contributed by atoms with Gasteiger partial charge in [0.05, 0.1) is 18.9 Å². The number of halogens is 2. The lowest BCUT2D eigenvalue weighted by atomic mass is 10.1. The molecule has 3 N–H and O–H groups in total. The van der Waals surface area contributed by atoms with Crippen LogP contribution in [-0.2, 0) is 16.1 Å². The Morgan fingerprint density at radius 2 is 1.96 bits per heavy atom. The summed E-state index contributed by atoms with van der Waals surface area (Å²) in [5, 5.41) is 5.38. The van der Waals surface area contributed by atoms with Gasteiger partial charge in [0.15, 0.2) is 5.13 Å². The van der Waals surface area contributed by atoms with Crippen LogP contribution in [0.15, 0.2) is 29.6 Å². The number of rotatable bonds is 5. The van der Waals surface area contributed by atoms with Crippen molar-refractivity contribution in [1.82, 2.24) is 9.88 Å². The number of nitrogens with one attached hydrogen (secondary N) is 1. The summed E-state index contributed by atoms with van der Waals surface area (Å²) >= 11 is 1.42. The number of thiazole rings is 1. The van der Waals surface area contributed by atoms with Gasteiger partial charge in [0.1, 0.15) is 6.04 Å². The summed E-state index contributed by atoms with van der Waals surface area (Å²) in [5.41, 5.74) is 8.93. The van der Waals surface area contributed by atoms with Gasteiger partial charge in [0, 0.05) is 25.0 Å². The van der Waals surface area contributed by atoms with Crippen molar-refractivity contribution in [3.63, 3.8) is 0 Å². The maximum Gasteiger partial charge on any atom is 0.247 e. The first-order chi connectivity index (χ1) is 11.6. The van der Waals surface area contributed by atoms with Gasteiger partial charge in [0.25, 0.3) is 0 Å². The molecule has 3 rings (SSSR count). The van der Waals surface area contributed by atoms with Gasteiger partial charge in [-0.3, -0.25) is 9.69 Å². The highest BCUT2D eigenvalue weighted by Gasteiger charge is 2.18. The van der Waals surface area contributed by atoms with Crippen LogP contribution >= 0.6 is 36.2 Å². The molecule has 1 unspecified atom stereocenters. The minimum Gasteiger partial charge on any atom is -0.379 e. The molecule has 1 aromatic heterocycles. The van der Waals surface area contributed by atoms with Crippen LogP contribution in [0.25, 0.3) is 0 Å². The second kappa shape index (κ2) is 10.8. The number of aryl methyl sites for hydroxylation is 1. The molecule has 0 spiro atoms. The van der Waals surface area contributed by atoms with E-state index < -0.39 is 6.04 Å². The molecule has 1 aliphatic rings. The molecule has 1 aliphatic heterocycles. The Balaban J connectivity index is 0.00000169. The highest BCUT2D eigenvalue weighted by atomic mass is 35.5. The van der Waals surface area contributed by atoms with Crippen LogP contribution < -0.4 is 11.1 Å². The number of amides is 1. The van der Waals surface area contributed by atoms with Gasteiger partial charge in [-0.1, -0.05) is 29.8 Å². The Hall–Kier alpha value is -1.22. The largest absolute Gasteiger partial charge is 0.379 e. The van der Waals surface area contributed by atoms with E-state index in [1.807, 2.05) is 36.6 Å². The highest BCUT2D eigenvalue weighted by molar-refractivity contribution is 7.13. The molecule has 26 heavy (non-hydrogen) atoms. The SMILES string of the molecule is Cc1ccc(C(N)C(=O)Nc2nc(CN3CCOCC3)cs2)cc1.Cl.Cl. The molecular weight excluding hydrogens is 395 g/mol. The Bertz CT molecular complexity index is 690. The van der Waals surface area contributed by atoms with Gasteiger partial charge in [0.2, 0.25) is 5.91 Å². The van der Waals surface area contributed by atoms with Crippen molar-refractivity contribution in [2.45, 2.75) is 19.5 Å². The smallest absolute Gasteiger partial charge is 0.247 e. The monoisotopic (exact) mass is 418 g/mol. The molecule has 144 valence electrons. The topological polar surface area (TPSA) is 80.5 Å². The number of hydrogen-bond donors (Lipinski definition) is 2. The fourth-order valence-electron chi connectivity index (χ4n) is 2.53. The van der Waals surface area contributed by atoms with E-state index in [1.54, 1.807) is 0 Å². The number of benzene rings is 1. The number of ether oxygens (including phenoxy) is 1. The molecule has 2 aromatic rings. The summed E-state index contributed by atoms with van der Waals surface area (Å²) in [7, 11) is 0. The number of nitrogens with zero attached hydrogens (tertiary/aromatic N) is 2. The summed E-state index contributed by atoms with van der Waals surface area (Å²) in [4.78, 5) is 19.1. The zero-order valence-corrected chi connectivity index (χ0v) is 17.0. The molecular formula is C17H24Cl2N4O2S. The zero-order chi connectivity index (χ0) is 16.9. The summed E-state index contributed by atoms with van der Waals surface area (Å²) in [6.07, 6.45) is 0. The van der Waals surface area contributed by atoms with Crippen molar-refractivity contribution >= 4 is 47.2 Å². The van der Waals surface area contributed by atoms with Crippen molar-refractivity contribution in [3.8, 4) is 0 Å². The van der Waals surface area contributed by atoms with Crippen LogP contribution in [-0.4, -0.2) is 42.1 Å². The predicted octanol–water partition coefficient (Wildman–Crippen LogP) is 2.77. The van der Waals surface area contributed by atoms with E-state index in [0.29, 0.717) is 5.13 Å². The average Bonchev–Trinajstić information content (AvgIpc) is 3.02. The molecule has 1 atom stereocenters. The first-order valence-corrected chi connectivity index (χ1v) is 8.87. The molecule has 6 nitrogen and oxygen atoms in total. The maximum absolute atomic E-state index is 12.3. The predicted molar refractivity (Wildman–Crippen MR) is 109 cm³/mol. The zero-order valence-electron chi connectivity index (χ0n) is 14.5. The van der Waals surface area contributed by atoms with Crippen LogP contribution in [0.1, 0.15) is 22.9 Å². The Morgan fingerprint density at radius 1 is 1.31 bits per heavy atom. The standard InChI is InChI=1S/C17H22N4O2S.2ClH/c1-12-2-4-13(5-3-12)15(18)16(22)20-17-19-14(11-24-17)10-21-6-8-23-9-7-21;;/h2-5,11,15H,6-10,18H2,1H3,(H,19,20,22);2*1H. The summed E-state index contributed by atoms with van der Waals surface area (Å²) in [6.45, 7) is 6.13. The first kappa shape index (κ1) is 22.8. The van der Waals surface area contributed by atoms with Crippen molar-refractivity contribution < 1.29 is 9.53 Å². The second-order valence-corrected chi connectivity index (χ2v) is 6.77. The van der Waals surface area contributed by atoms with E-state index in [-0.39, 0.29) is 30.7 Å². The van der Waals surface area contributed by atoms with E-state index in [9.17, 15) is 4.79 Å². The summed E-state index contributed by atoms with van der Waals surface area (Å²) < 4.78 is 5.34. The third-order valence-corrected chi connectivity index (χ3v) is 4.80. The Labute approximate surface area is 169 Å². The Morgan fingerprint density at radius 3 is 2.62 bits per heavy atom. The third-order valence-electron chi connectivity index (χ3n) is 3.99. The molecule has 0 bridgehead atoms. The summed E-state index contributed by atoms with van der Waals surface area (Å²) in [5.74, 6) is -0.244. The van der Waals surface area contributed by atoms with E-state index >= 15 is 0 Å². The average molecular weight is 419 g/mol. The van der Waals surface area contributed by atoms with Gasteiger partial charge >= 0.3 is 0 Å². The van der Waals surface area contributed by atoms with Crippen molar-refractivity contribution in [2.75, 3.05) is 31.6 Å². The highest BCUT2D eigenvalue weighted by Crippen LogP contribution is 2.19. The lowest BCUT2D eigenvalue weighted by Crippen LogP contribution is -2.35. The van der Waals surface area contributed by atoms with E-state index in [4.69, 9.17) is 10.5 Å². The van der Waals surface area contributed by atoms with E-state index in [1.165, 1.54) is 11.3 Å². The number of carbonyl (C=O) groups is 1. The number of carbonyl (C=O) groups excluding carboxylic acids is 1. The van der Waals surface area contributed by atoms with E-state index in [2.05, 4.69) is 15.2 Å². The fourth-order valence-corrected chi connectivity index (χ4v) is 3.24. The minimum absolute atomic E-state index is 0. The van der Waals surface area contributed by atoms with Crippen molar-refractivity contribution in [2.24, 2.45) is 5.73 Å².